The van der Waals surface area contributed by atoms with Gasteiger partial charge in [-0.3, -0.25) is 19.4 Å². The van der Waals surface area contributed by atoms with Gasteiger partial charge < -0.3 is 20.1 Å². The Hall–Kier alpha value is -3.86. The molecule has 0 spiro atoms. The van der Waals surface area contributed by atoms with Crippen LogP contribution in [0.3, 0.4) is 0 Å². The van der Waals surface area contributed by atoms with Crippen molar-refractivity contribution in [3.63, 3.8) is 0 Å². The molecule has 1 heterocycles. The zero-order chi connectivity index (χ0) is 25.4. The molecule has 11 heteroatoms. The maximum Gasteiger partial charge on any atom is 0.278 e. The third-order valence-electron chi connectivity index (χ3n) is 5.02. The smallest absolute Gasteiger partial charge is 0.278 e. The van der Waals surface area contributed by atoms with E-state index in [1.807, 2.05) is 6.92 Å². The van der Waals surface area contributed by atoms with Gasteiger partial charge in [-0.1, -0.05) is 43.8 Å². The Morgan fingerprint density at radius 2 is 1.77 bits per heavy atom. The minimum Gasteiger partial charge on any atom is -0.493 e. The molecule has 0 aliphatic heterocycles. The molecule has 3 N–H and O–H groups in total. The second kappa shape index (κ2) is 12.0. The maximum absolute atomic E-state index is 12.9. The fourth-order valence-electron chi connectivity index (χ4n) is 3.18. The van der Waals surface area contributed by atoms with Crippen LogP contribution < -0.4 is 25.7 Å². The summed E-state index contributed by atoms with van der Waals surface area (Å²) in [5.41, 5.74) is 1.07. The summed E-state index contributed by atoms with van der Waals surface area (Å²) in [6.07, 6.45) is 0.789. The van der Waals surface area contributed by atoms with Crippen molar-refractivity contribution in [2.75, 3.05) is 24.9 Å². The number of nitrogens with one attached hydrogen (secondary N) is 3. The molecule has 3 rings (SSSR count). The maximum atomic E-state index is 12.9. The summed E-state index contributed by atoms with van der Waals surface area (Å²) in [6.45, 7) is 3.60. The van der Waals surface area contributed by atoms with Crippen LogP contribution in [0.25, 0.3) is 11.3 Å². The van der Waals surface area contributed by atoms with Crippen molar-refractivity contribution in [2.24, 2.45) is 0 Å². The van der Waals surface area contributed by atoms with Gasteiger partial charge in [-0.15, -0.1) is 10.2 Å². The Kier molecular flexibility index (Phi) is 8.85. The van der Waals surface area contributed by atoms with E-state index in [4.69, 9.17) is 9.47 Å². The Labute approximate surface area is 206 Å². The number of ether oxygens (including phenoxy) is 2. The van der Waals surface area contributed by atoms with Crippen LogP contribution in [0, 0.1) is 0 Å². The number of rotatable bonds is 10. The summed E-state index contributed by atoms with van der Waals surface area (Å²) in [6, 6.07) is 11.9. The monoisotopic (exact) mass is 497 g/mol. The van der Waals surface area contributed by atoms with E-state index in [-0.39, 0.29) is 22.7 Å². The van der Waals surface area contributed by atoms with E-state index in [9.17, 15) is 14.4 Å². The molecule has 35 heavy (non-hydrogen) atoms. The van der Waals surface area contributed by atoms with E-state index in [1.54, 1.807) is 49.4 Å². The number of anilines is 2. The third kappa shape index (κ3) is 6.38. The lowest BCUT2D eigenvalue weighted by molar-refractivity contribution is -0.116. The number of carbonyl (C=O) groups excluding carboxylic acids is 2. The number of aromatic nitrogens is 3. The average Bonchev–Trinajstić information content (AvgIpc) is 2.87. The highest BCUT2D eigenvalue weighted by Crippen LogP contribution is 2.31. The molecular formula is C24H27N5O5S. The number of carbonyl (C=O) groups is 2. The molecule has 0 aliphatic carbocycles. The van der Waals surface area contributed by atoms with E-state index in [2.05, 4.69) is 25.8 Å². The van der Waals surface area contributed by atoms with Crippen molar-refractivity contribution >= 4 is 35.0 Å². The first-order chi connectivity index (χ1) is 16.9. The van der Waals surface area contributed by atoms with Gasteiger partial charge in [0.05, 0.1) is 25.2 Å². The second-order valence-corrected chi connectivity index (χ2v) is 8.52. The van der Waals surface area contributed by atoms with Crippen LogP contribution in [0.1, 0.15) is 26.7 Å². The van der Waals surface area contributed by atoms with Gasteiger partial charge in [0.25, 0.3) is 5.56 Å². The van der Waals surface area contributed by atoms with Crippen LogP contribution in [-0.4, -0.2) is 46.5 Å². The van der Waals surface area contributed by atoms with Crippen molar-refractivity contribution < 1.29 is 19.1 Å². The molecule has 3 aromatic rings. The van der Waals surface area contributed by atoms with Crippen molar-refractivity contribution in [3.8, 4) is 22.8 Å². The quantitative estimate of drug-likeness (QED) is 0.361. The highest BCUT2D eigenvalue weighted by Gasteiger charge is 2.21. The number of hydrogen-bond acceptors (Lipinski definition) is 8. The topological polar surface area (TPSA) is 135 Å². The number of benzene rings is 2. The predicted molar refractivity (Wildman–Crippen MR) is 135 cm³/mol. The Bertz CT molecular complexity index is 1260. The number of hydrogen-bond donors (Lipinski definition) is 3. The zero-order valence-electron chi connectivity index (χ0n) is 19.9. The van der Waals surface area contributed by atoms with Crippen LogP contribution in [0.15, 0.2) is 52.4 Å². The van der Waals surface area contributed by atoms with Crippen LogP contribution in [0.4, 0.5) is 11.4 Å². The Morgan fingerprint density at radius 1 is 1.03 bits per heavy atom. The van der Waals surface area contributed by atoms with Gasteiger partial charge in [0, 0.05) is 23.7 Å². The predicted octanol–water partition coefficient (Wildman–Crippen LogP) is 3.71. The molecule has 1 atom stereocenters. The molecule has 2 amide bonds. The first kappa shape index (κ1) is 25.8. The lowest BCUT2D eigenvalue weighted by Crippen LogP contribution is -2.25. The number of methoxy groups -OCH3 is 2. The van der Waals surface area contributed by atoms with Gasteiger partial charge in [-0.05, 0) is 24.6 Å². The third-order valence-corrected chi connectivity index (χ3v) is 6.26. The SMILES string of the molecule is CCC(=O)Nc1ccccc1-c1nnc(S[C@@H](CC)C(=O)Nc2ccc(OC)c(OC)c2)[nH]c1=O. The van der Waals surface area contributed by atoms with Crippen molar-refractivity contribution in [3.05, 3.63) is 52.8 Å². The summed E-state index contributed by atoms with van der Waals surface area (Å²) in [5, 5.41) is 13.5. The van der Waals surface area contributed by atoms with Crippen LogP contribution in [0.5, 0.6) is 11.5 Å². The number of H-pyrrole nitrogens is 1. The van der Waals surface area contributed by atoms with Crippen LogP contribution >= 0.6 is 11.8 Å². The fourth-order valence-corrected chi connectivity index (χ4v) is 4.02. The second-order valence-electron chi connectivity index (χ2n) is 7.33. The van der Waals surface area contributed by atoms with Crippen molar-refractivity contribution in [1.29, 1.82) is 0 Å². The lowest BCUT2D eigenvalue weighted by atomic mass is 10.1. The zero-order valence-corrected chi connectivity index (χ0v) is 20.7. The first-order valence-corrected chi connectivity index (χ1v) is 11.8. The standard InChI is InChI=1S/C24H27N5O5S/c1-5-19(22(31)25-14-11-12-17(33-3)18(13-14)34-4)35-24-27-23(32)21(28-29-24)15-9-7-8-10-16(15)26-20(30)6-2/h7-13,19H,5-6H2,1-4H3,(H,25,31)(H,26,30)(H,27,29,32)/t19-/m0/s1. The summed E-state index contributed by atoms with van der Waals surface area (Å²) < 4.78 is 10.5. The fraction of sp³-hybridized carbons (Fsp3) is 0.292. The van der Waals surface area contributed by atoms with Gasteiger partial charge in [-0.25, -0.2) is 0 Å². The molecule has 10 nitrogen and oxygen atoms in total. The van der Waals surface area contributed by atoms with Crippen molar-refractivity contribution in [1.82, 2.24) is 15.2 Å². The lowest BCUT2D eigenvalue weighted by Gasteiger charge is -2.15. The normalized spacial score (nSPS) is 11.4. The van der Waals surface area contributed by atoms with E-state index in [1.165, 1.54) is 14.2 Å². The number of nitrogens with zero attached hydrogens (tertiary/aromatic N) is 2. The number of aromatic amines is 1. The average molecular weight is 498 g/mol. The van der Waals surface area contributed by atoms with Crippen molar-refractivity contribution in [2.45, 2.75) is 37.1 Å². The number of amides is 2. The minimum atomic E-state index is -0.532. The summed E-state index contributed by atoms with van der Waals surface area (Å²) in [7, 11) is 3.05. The van der Waals surface area contributed by atoms with E-state index in [0.717, 1.165) is 11.8 Å². The summed E-state index contributed by atoms with van der Waals surface area (Å²) >= 11 is 1.10. The Morgan fingerprint density at radius 3 is 2.43 bits per heavy atom. The van der Waals surface area contributed by atoms with Gasteiger partial charge in [0.1, 0.15) is 0 Å². The molecule has 0 unspecified atom stereocenters. The van der Waals surface area contributed by atoms with Gasteiger partial charge in [0.15, 0.2) is 22.3 Å². The van der Waals surface area contributed by atoms with E-state index < -0.39 is 10.8 Å². The molecule has 0 saturated heterocycles. The highest BCUT2D eigenvalue weighted by molar-refractivity contribution is 8.00. The summed E-state index contributed by atoms with van der Waals surface area (Å²) in [4.78, 5) is 40.2. The van der Waals surface area contributed by atoms with Crippen LogP contribution in [-0.2, 0) is 9.59 Å². The molecule has 1 aromatic heterocycles. The molecule has 2 aromatic carbocycles. The van der Waals surface area contributed by atoms with Gasteiger partial charge in [0.2, 0.25) is 11.8 Å². The largest absolute Gasteiger partial charge is 0.493 e. The molecule has 184 valence electrons. The van der Waals surface area contributed by atoms with Gasteiger partial charge in [-0.2, -0.15) is 0 Å². The number of para-hydroxylation sites is 1. The molecule has 0 saturated carbocycles. The highest BCUT2D eigenvalue weighted by atomic mass is 32.2. The van der Waals surface area contributed by atoms with E-state index >= 15 is 0 Å². The number of thioether (sulfide) groups is 1. The van der Waals surface area contributed by atoms with Gasteiger partial charge >= 0.3 is 0 Å². The molecule has 0 radical (unpaired) electrons. The molecule has 0 fully saturated rings. The van der Waals surface area contributed by atoms with Crippen LogP contribution in [0.2, 0.25) is 0 Å². The molecule has 0 aliphatic rings. The molecule has 0 bridgehead atoms. The van der Waals surface area contributed by atoms with E-state index in [0.29, 0.717) is 41.3 Å². The molecular weight excluding hydrogens is 470 g/mol. The summed E-state index contributed by atoms with van der Waals surface area (Å²) in [5.74, 6) is 0.604. The first-order valence-electron chi connectivity index (χ1n) is 11.0. The Balaban J connectivity index is 1.77. The minimum absolute atomic E-state index is 0.0733.